The van der Waals surface area contributed by atoms with E-state index in [1.807, 2.05) is 6.92 Å². The minimum absolute atomic E-state index is 0.296. The van der Waals surface area contributed by atoms with Crippen LogP contribution in [0.5, 0.6) is 0 Å². The fourth-order valence-corrected chi connectivity index (χ4v) is 3.00. The average molecular weight is 364 g/mol. The summed E-state index contributed by atoms with van der Waals surface area (Å²) in [5, 5.41) is 0. The van der Waals surface area contributed by atoms with Crippen molar-refractivity contribution >= 4 is 26.0 Å². The van der Waals surface area contributed by atoms with E-state index in [0.29, 0.717) is 24.5 Å². The fraction of sp³-hybridized carbons (Fsp3) is 0.571. The van der Waals surface area contributed by atoms with Crippen LogP contribution in [0.1, 0.15) is 31.7 Å². The highest BCUT2D eigenvalue weighted by Gasteiger charge is 2.13. The van der Waals surface area contributed by atoms with E-state index < -0.39 is 10.0 Å². The number of unbranched alkanes of at least 4 members (excludes halogenated alkanes) is 1. The van der Waals surface area contributed by atoms with Crippen molar-refractivity contribution in [2.24, 2.45) is 0 Å². The Morgan fingerprint density at radius 1 is 1.25 bits per heavy atom. The predicted octanol–water partition coefficient (Wildman–Crippen LogP) is 3.24. The smallest absolute Gasteiger partial charge is 0.240 e. The Balaban J connectivity index is 2.40. The Morgan fingerprint density at radius 3 is 2.60 bits per heavy atom. The molecule has 0 heterocycles. The van der Waals surface area contributed by atoms with Gasteiger partial charge in [-0.3, -0.25) is 0 Å². The third-order valence-electron chi connectivity index (χ3n) is 2.84. The first kappa shape index (κ1) is 17.6. The van der Waals surface area contributed by atoms with E-state index in [-0.39, 0.29) is 0 Å². The molecule has 1 N–H and O–H groups in total. The number of halogens is 1. The summed E-state index contributed by atoms with van der Waals surface area (Å²) in [4.78, 5) is 0.296. The Kier molecular flexibility index (Phi) is 7.72. The van der Waals surface area contributed by atoms with Gasteiger partial charge >= 0.3 is 0 Å². The largest absolute Gasteiger partial charge is 0.381 e. The molecule has 0 spiro atoms. The first-order chi connectivity index (χ1) is 9.47. The lowest BCUT2D eigenvalue weighted by Gasteiger charge is -2.08. The number of aryl methyl sites for hydroxylation is 1. The van der Waals surface area contributed by atoms with Gasteiger partial charge in [0.05, 0.1) is 4.90 Å². The fourth-order valence-electron chi connectivity index (χ4n) is 1.60. The van der Waals surface area contributed by atoms with Crippen LogP contribution in [0, 0.1) is 6.92 Å². The molecule has 1 aromatic rings. The normalized spacial score (nSPS) is 11.8. The third kappa shape index (κ3) is 5.91. The lowest BCUT2D eigenvalue weighted by atomic mass is 10.2. The second-order valence-electron chi connectivity index (χ2n) is 4.63. The van der Waals surface area contributed by atoms with Crippen LogP contribution in [0.3, 0.4) is 0 Å². The Bertz CT molecular complexity index is 517. The van der Waals surface area contributed by atoms with Crippen LogP contribution in [0.2, 0.25) is 0 Å². The molecule has 114 valence electrons. The van der Waals surface area contributed by atoms with Crippen molar-refractivity contribution in [3.05, 3.63) is 28.2 Å². The van der Waals surface area contributed by atoms with Crippen molar-refractivity contribution in [3.8, 4) is 0 Å². The topological polar surface area (TPSA) is 55.4 Å². The number of rotatable bonds is 9. The molecular formula is C14H22BrNO3S. The van der Waals surface area contributed by atoms with Crippen LogP contribution >= 0.6 is 15.9 Å². The van der Waals surface area contributed by atoms with Crippen LogP contribution in [0.4, 0.5) is 0 Å². The molecule has 20 heavy (non-hydrogen) atoms. The van der Waals surface area contributed by atoms with Crippen molar-refractivity contribution in [1.29, 1.82) is 0 Å². The van der Waals surface area contributed by atoms with Gasteiger partial charge in [-0.05, 0) is 43.5 Å². The highest BCUT2D eigenvalue weighted by molar-refractivity contribution is 9.10. The lowest BCUT2D eigenvalue weighted by Crippen LogP contribution is -2.25. The molecule has 6 heteroatoms. The highest BCUT2D eigenvalue weighted by atomic mass is 79.9. The molecule has 0 aliphatic heterocycles. The number of nitrogens with one attached hydrogen (secondary N) is 1. The summed E-state index contributed by atoms with van der Waals surface area (Å²) in [6.45, 7) is 5.70. The maximum absolute atomic E-state index is 12.1. The quantitative estimate of drug-likeness (QED) is 0.685. The molecule has 0 fully saturated rings. The van der Waals surface area contributed by atoms with Crippen molar-refractivity contribution in [1.82, 2.24) is 4.72 Å². The third-order valence-corrected chi connectivity index (χ3v) is 5.19. The molecule has 4 nitrogen and oxygen atoms in total. The molecule has 0 radical (unpaired) electrons. The molecule has 0 amide bonds. The summed E-state index contributed by atoms with van der Waals surface area (Å²) >= 11 is 3.36. The number of benzene rings is 1. The van der Waals surface area contributed by atoms with Gasteiger partial charge < -0.3 is 4.74 Å². The van der Waals surface area contributed by atoms with Gasteiger partial charge in [0.25, 0.3) is 0 Å². The summed E-state index contributed by atoms with van der Waals surface area (Å²) in [6, 6.07) is 5.00. The summed E-state index contributed by atoms with van der Waals surface area (Å²) < 4.78 is 33.0. The molecule has 0 bridgehead atoms. The molecule has 1 aromatic carbocycles. The van der Waals surface area contributed by atoms with Crippen molar-refractivity contribution in [2.45, 2.75) is 38.0 Å². The predicted molar refractivity (Wildman–Crippen MR) is 84.4 cm³/mol. The Morgan fingerprint density at radius 2 is 1.95 bits per heavy atom. The summed E-state index contributed by atoms with van der Waals surface area (Å²) in [7, 11) is -3.42. The maximum atomic E-state index is 12.1. The Hall–Kier alpha value is -0.430. The molecule has 0 atom stereocenters. The molecular weight excluding hydrogens is 342 g/mol. The highest BCUT2D eigenvalue weighted by Crippen LogP contribution is 2.19. The SMILES string of the molecule is CCCCOCCCNS(=O)(=O)c1ccc(Br)c(C)c1. The maximum Gasteiger partial charge on any atom is 0.240 e. The number of ether oxygens (including phenoxy) is 1. The van der Waals surface area contributed by atoms with Crippen molar-refractivity contribution < 1.29 is 13.2 Å². The van der Waals surface area contributed by atoms with Gasteiger partial charge in [-0.2, -0.15) is 0 Å². The summed E-state index contributed by atoms with van der Waals surface area (Å²) in [6.07, 6.45) is 2.83. The second kappa shape index (κ2) is 8.77. The number of sulfonamides is 1. The minimum Gasteiger partial charge on any atom is -0.381 e. The van der Waals surface area contributed by atoms with Gasteiger partial charge in [0.15, 0.2) is 0 Å². The van der Waals surface area contributed by atoms with Gasteiger partial charge in [-0.25, -0.2) is 13.1 Å². The minimum atomic E-state index is -3.42. The van der Waals surface area contributed by atoms with E-state index in [2.05, 4.69) is 27.6 Å². The molecule has 0 aromatic heterocycles. The second-order valence-corrected chi connectivity index (χ2v) is 7.25. The summed E-state index contributed by atoms with van der Waals surface area (Å²) in [5.41, 5.74) is 0.899. The van der Waals surface area contributed by atoms with Crippen molar-refractivity contribution in [3.63, 3.8) is 0 Å². The molecule has 0 saturated heterocycles. The Labute approximate surface area is 130 Å². The van der Waals surface area contributed by atoms with Gasteiger partial charge in [0.2, 0.25) is 10.0 Å². The van der Waals surface area contributed by atoms with Crippen LogP contribution in [-0.2, 0) is 14.8 Å². The van der Waals surface area contributed by atoms with Gasteiger partial charge in [-0.15, -0.1) is 0 Å². The van der Waals surface area contributed by atoms with Gasteiger partial charge in [0, 0.05) is 24.2 Å². The van der Waals surface area contributed by atoms with E-state index in [9.17, 15) is 8.42 Å². The van der Waals surface area contributed by atoms with Crippen LogP contribution in [0.25, 0.3) is 0 Å². The molecule has 0 aliphatic carbocycles. The van der Waals surface area contributed by atoms with Crippen molar-refractivity contribution in [2.75, 3.05) is 19.8 Å². The van der Waals surface area contributed by atoms with E-state index in [0.717, 1.165) is 29.5 Å². The van der Waals surface area contributed by atoms with E-state index in [4.69, 9.17) is 4.74 Å². The first-order valence-corrected chi connectivity index (χ1v) is 9.08. The zero-order valence-electron chi connectivity index (χ0n) is 12.0. The van der Waals surface area contributed by atoms with E-state index in [1.54, 1.807) is 18.2 Å². The average Bonchev–Trinajstić information content (AvgIpc) is 2.40. The standard InChI is InChI=1S/C14H22BrNO3S/c1-3-4-9-19-10-5-8-16-20(17,18)13-6-7-14(15)12(2)11-13/h6-7,11,16H,3-5,8-10H2,1-2H3. The van der Waals surface area contributed by atoms with E-state index in [1.165, 1.54) is 0 Å². The lowest BCUT2D eigenvalue weighted by molar-refractivity contribution is 0.130. The van der Waals surface area contributed by atoms with E-state index >= 15 is 0 Å². The van der Waals surface area contributed by atoms with Crippen LogP contribution in [-0.4, -0.2) is 28.2 Å². The van der Waals surface area contributed by atoms with Crippen LogP contribution < -0.4 is 4.72 Å². The molecule has 0 unspecified atom stereocenters. The zero-order chi connectivity index (χ0) is 15.0. The zero-order valence-corrected chi connectivity index (χ0v) is 14.4. The monoisotopic (exact) mass is 363 g/mol. The number of hydrogen-bond acceptors (Lipinski definition) is 3. The molecule has 0 saturated carbocycles. The van der Waals surface area contributed by atoms with Gasteiger partial charge in [0.1, 0.15) is 0 Å². The van der Waals surface area contributed by atoms with Crippen LogP contribution in [0.15, 0.2) is 27.6 Å². The summed E-state index contributed by atoms with van der Waals surface area (Å²) in [5.74, 6) is 0. The first-order valence-electron chi connectivity index (χ1n) is 6.81. The molecule has 1 rings (SSSR count). The van der Waals surface area contributed by atoms with Gasteiger partial charge in [-0.1, -0.05) is 29.3 Å². The number of hydrogen-bond donors (Lipinski definition) is 1. The molecule has 0 aliphatic rings.